The summed E-state index contributed by atoms with van der Waals surface area (Å²) in [7, 11) is 0. The second-order valence-electron chi connectivity index (χ2n) is 4.76. The van der Waals surface area contributed by atoms with Crippen LogP contribution in [0.25, 0.3) is 10.8 Å². The minimum atomic E-state index is -1.16. The summed E-state index contributed by atoms with van der Waals surface area (Å²) in [6, 6.07) is 8.75. The predicted octanol–water partition coefficient (Wildman–Crippen LogP) is 1.71. The zero-order chi connectivity index (χ0) is 14.7. The van der Waals surface area contributed by atoms with E-state index >= 15 is 0 Å². The molecule has 0 aromatic heterocycles. The largest absolute Gasteiger partial charge is 0.507 e. The van der Waals surface area contributed by atoms with Crippen molar-refractivity contribution >= 4 is 16.7 Å². The molecule has 0 bridgehead atoms. The van der Waals surface area contributed by atoms with E-state index in [4.69, 9.17) is 5.11 Å². The second kappa shape index (κ2) is 5.90. The molecule has 0 heterocycles. The highest BCUT2D eigenvalue weighted by Crippen LogP contribution is 2.31. The average molecular weight is 275 g/mol. The van der Waals surface area contributed by atoms with Crippen molar-refractivity contribution < 1.29 is 20.1 Å². The highest BCUT2D eigenvalue weighted by molar-refractivity contribution is 5.99. The molecule has 5 nitrogen and oxygen atoms in total. The lowest BCUT2D eigenvalue weighted by molar-refractivity contribution is 0.0693. The molecule has 0 amide bonds. The first kappa shape index (κ1) is 14.3. The Hall–Kier alpha value is -2.11. The quantitative estimate of drug-likeness (QED) is 0.667. The highest BCUT2D eigenvalue weighted by Gasteiger charge is 2.17. The smallest absolute Gasteiger partial charge is 0.339 e. The molecular weight excluding hydrogens is 258 g/mol. The number of aromatic hydroxyl groups is 1. The molecule has 0 aliphatic rings. The van der Waals surface area contributed by atoms with E-state index in [0.717, 1.165) is 10.8 Å². The minimum absolute atomic E-state index is 0.113. The third-order valence-corrected chi connectivity index (χ3v) is 3.10. The van der Waals surface area contributed by atoms with Crippen LogP contribution in [0.2, 0.25) is 0 Å². The standard InChI is InChI=1S/C15H17NO4/c1-9(17)7-16-8-13-11-5-3-2-4-10(11)6-12(14(13)18)15(19)20/h2-6,9,16-18H,7-8H2,1H3,(H,19,20). The summed E-state index contributed by atoms with van der Waals surface area (Å²) < 4.78 is 0. The van der Waals surface area contributed by atoms with E-state index in [9.17, 15) is 15.0 Å². The van der Waals surface area contributed by atoms with Crippen LogP contribution in [0.5, 0.6) is 5.75 Å². The first-order valence-electron chi connectivity index (χ1n) is 6.36. The number of nitrogens with one attached hydrogen (secondary N) is 1. The van der Waals surface area contributed by atoms with E-state index in [2.05, 4.69) is 5.32 Å². The number of carboxylic acid groups (broad SMARTS) is 1. The lowest BCUT2D eigenvalue weighted by atomic mass is 9.99. The fraction of sp³-hybridized carbons (Fsp3) is 0.267. The van der Waals surface area contributed by atoms with Crippen molar-refractivity contribution in [2.75, 3.05) is 6.54 Å². The third-order valence-electron chi connectivity index (χ3n) is 3.10. The molecular formula is C15H17NO4. The Morgan fingerprint density at radius 2 is 2.05 bits per heavy atom. The number of carboxylic acids is 1. The Kier molecular flexibility index (Phi) is 4.22. The number of carbonyl (C=O) groups is 1. The molecule has 0 fully saturated rings. The average Bonchev–Trinajstić information content (AvgIpc) is 2.40. The molecule has 2 aromatic carbocycles. The number of aliphatic hydroxyl groups is 1. The fourth-order valence-electron chi connectivity index (χ4n) is 2.16. The Balaban J connectivity index is 2.48. The molecule has 1 unspecified atom stereocenters. The SMILES string of the molecule is CC(O)CNCc1c(O)c(C(=O)O)cc2ccccc12. The number of hydrogen-bond donors (Lipinski definition) is 4. The molecule has 1 atom stereocenters. The second-order valence-corrected chi connectivity index (χ2v) is 4.76. The molecule has 0 spiro atoms. The van der Waals surface area contributed by atoms with Crippen LogP contribution in [-0.4, -0.2) is 33.9 Å². The van der Waals surface area contributed by atoms with Gasteiger partial charge in [-0.25, -0.2) is 4.79 Å². The van der Waals surface area contributed by atoms with Gasteiger partial charge in [0.2, 0.25) is 0 Å². The van der Waals surface area contributed by atoms with Gasteiger partial charge in [-0.15, -0.1) is 0 Å². The predicted molar refractivity (Wildman–Crippen MR) is 76.0 cm³/mol. The van der Waals surface area contributed by atoms with E-state index in [1.54, 1.807) is 13.0 Å². The van der Waals surface area contributed by atoms with E-state index in [1.807, 2.05) is 18.2 Å². The van der Waals surface area contributed by atoms with Crippen molar-refractivity contribution in [1.82, 2.24) is 5.32 Å². The molecule has 0 saturated carbocycles. The maximum atomic E-state index is 11.2. The van der Waals surface area contributed by atoms with Crippen molar-refractivity contribution in [2.45, 2.75) is 19.6 Å². The number of phenols is 1. The van der Waals surface area contributed by atoms with Crippen LogP contribution in [0.4, 0.5) is 0 Å². The van der Waals surface area contributed by atoms with Gasteiger partial charge in [-0.3, -0.25) is 0 Å². The van der Waals surface area contributed by atoms with Crippen molar-refractivity contribution in [1.29, 1.82) is 0 Å². The molecule has 106 valence electrons. The van der Waals surface area contributed by atoms with Crippen LogP contribution >= 0.6 is 0 Å². The minimum Gasteiger partial charge on any atom is -0.507 e. The number of benzene rings is 2. The van der Waals surface area contributed by atoms with Crippen LogP contribution in [0.1, 0.15) is 22.8 Å². The Morgan fingerprint density at radius 1 is 1.35 bits per heavy atom. The number of aromatic carboxylic acids is 1. The molecule has 4 N–H and O–H groups in total. The maximum Gasteiger partial charge on any atom is 0.339 e. The van der Waals surface area contributed by atoms with Gasteiger partial charge in [-0.1, -0.05) is 24.3 Å². The van der Waals surface area contributed by atoms with Gasteiger partial charge in [0, 0.05) is 18.7 Å². The molecule has 0 saturated heterocycles. The number of fused-ring (bicyclic) bond motifs is 1. The summed E-state index contributed by atoms with van der Waals surface area (Å²) in [4.78, 5) is 11.2. The Morgan fingerprint density at radius 3 is 2.70 bits per heavy atom. The van der Waals surface area contributed by atoms with Gasteiger partial charge in [-0.05, 0) is 23.8 Å². The molecule has 0 aliphatic carbocycles. The van der Waals surface area contributed by atoms with Crippen molar-refractivity contribution in [3.05, 3.63) is 41.5 Å². The highest BCUT2D eigenvalue weighted by atomic mass is 16.4. The summed E-state index contributed by atoms with van der Waals surface area (Å²) in [5, 5.41) is 33.1. The number of hydrogen-bond acceptors (Lipinski definition) is 4. The monoisotopic (exact) mass is 275 g/mol. The van der Waals surface area contributed by atoms with Gasteiger partial charge in [0.05, 0.1) is 6.10 Å². The zero-order valence-electron chi connectivity index (χ0n) is 11.1. The van der Waals surface area contributed by atoms with E-state index in [0.29, 0.717) is 18.7 Å². The van der Waals surface area contributed by atoms with E-state index in [-0.39, 0.29) is 11.3 Å². The van der Waals surface area contributed by atoms with Crippen molar-refractivity contribution in [2.24, 2.45) is 0 Å². The van der Waals surface area contributed by atoms with Crippen LogP contribution in [0.3, 0.4) is 0 Å². The topological polar surface area (TPSA) is 89.8 Å². The van der Waals surface area contributed by atoms with Gasteiger partial charge in [0.15, 0.2) is 0 Å². The van der Waals surface area contributed by atoms with E-state index in [1.165, 1.54) is 6.07 Å². The number of aliphatic hydroxyl groups excluding tert-OH is 1. The van der Waals surface area contributed by atoms with Gasteiger partial charge in [-0.2, -0.15) is 0 Å². The summed E-state index contributed by atoms with van der Waals surface area (Å²) in [5.41, 5.74) is 0.415. The zero-order valence-corrected chi connectivity index (χ0v) is 11.1. The Bertz CT molecular complexity index is 637. The third kappa shape index (κ3) is 2.89. The lowest BCUT2D eigenvalue weighted by Gasteiger charge is -2.13. The van der Waals surface area contributed by atoms with Gasteiger partial charge < -0.3 is 20.6 Å². The normalized spacial score (nSPS) is 12.5. The van der Waals surface area contributed by atoms with Crippen molar-refractivity contribution in [3.8, 4) is 5.75 Å². The van der Waals surface area contributed by atoms with Gasteiger partial charge >= 0.3 is 5.97 Å². The van der Waals surface area contributed by atoms with Crippen LogP contribution in [0.15, 0.2) is 30.3 Å². The molecule has 20 heavy (non-hydrogen) atoms. The summed E-state index contributed by atoms with van der Waals surface area (Å²) in [5.74, 6) is -1.39. The molecule has 0 aliphatic heterocycles. The molecule has 0 radical (unpaired) electrons. The summed E-state index contributed by atoms with van der Waals surface area (Å²) in [6.45, 7) is 2.31. The van der Waals surface area contributed by atoms with E-state index < -0.39 is 12.1 Å². The molecule has 2 rings (SSSR count). The summed E-state index contributed by atoms with van der Waals surface area (Å²) >= 11 is 0. The first-order valence-corrected chi connectivity index (χ1v) is 6.36. The molecule has 5 heteroatoms. The van der Waals surface area contributed by atoms with Crippen molar-refractivity contribution in [3.63, 3.8) is 0 Å². The lowest BCUT2D eigenvalue weighted by Crippen LogP contribution is -2.24. The first-order chi connectivity index (χ1) is 9.50. The van der Waals surface area contributed by atoms with Crippen LogP contribution < -0.4 is 5.32 Å². The summed E-state index contributed by atoms with van der Waals surface area (Å²) in [6.07, 6.45) is -0.508. The van der Waals surface area contributed by atoms with Gasteiger partial charge in [0.1, 0.15) is 11.3 Å². The molecule has 2 aromatic rings. The van der Waals surface area contributed by atoms with Gasteiger partial charge in [0.25, 0.3) is 0 Å². The number of rotatable bonds is 5. The Labute approximate surface area is 116 Å². The fourth-order valence-corrected chi connectivity index (χ4v) is 2.16. The van der Waals surface area contributed by atoms with Crippen LogP contribution in [0, 0.1) is 0 Å². The maximum absolute atomic E-state index is 11.2. The van der Waals surface area contributed by atoms with Crippen LogP contribution in [-0.2, 0) is 6.54 Å².